The molecule has 176 valence electrons. The third kappa shape index (κ3) is 5.07. The van der Waals surface area contributed by atoms with Crippen LogP contribution in [0.4, 0.5) is 0 Å². The standard InChI is InChI=1S/C30H35N3O/c1-3-4-6-13-24(23-11-7-5-8-12-23)18-29-31-32-30(34-29)28-17-16-25(21-33-19-22(2)20-33)26-14-9-10-15-27(26)28/h5,7-12,14-17,22,24H,3-4,6,13,18-21H2,1-2H3. The third-order valence-corrected chi connectivity index (χ3v) is 7.09. The number of nitrogens with zero attached hydrogens (tertiary/aromatic N) is 3. The second-order valence-corrected chi connectivity index (χ2v) is 9.93. The molecule has 3 aromatic carbocycles. The number of rotatable bonds is 10. The fraction of sp³-hybridized carbons (Fsp3) is 0.400. The Morgan fingerprint density at radius 2 is 1.68 bits per heavy atom. The van der Waals surface area contributed by atoms with Crippen molar-refractivity contribution in [2.24, 2.45) is 5.92 Å². The first kappa shape index (κ1) is 22.8. The van der Waals surface area contributed by atoms with E-state index in [1.807, 2.05) is 0 Å². The van der Waals surface area contributed by atoms with Crippen LogP contribution in [-0.2, 0) is 13.0 Å². The van der Waals surface area contributed by atoms with E-state index in [0.29, 0.717) is 11.8 Å². The van der Waals surface area contributed by atoms with Crippen LogP contribution in [0.15, 0.2) is 71.1 Å². The molecule has 0 bridgehead atoms. The van der Waals surface area contributed by atoms with E-state index in [1.54, 1.807) is 0 Å². The van der Waals surface area contributed by atoms with Crippen molar-refractivity contribution in [3.8, 4) is 11.5 Å². The van der Waals surface area contributed by atoms with E-state index in [0.717, 1.165) is 36.8 Å². The van der Waals surface area contributed by atoms with Gasteiger partial charge < -0.3 is 4.42 Å². The topological polar surface area (TPSA) is 42.2 Å². The van der Waals surface area contributed by atoms with Gasteiger partial charge in [-0.1, -0.05) is 93.8 Å². The molecule has 0 saturated carbocycles. The molecule has 1 aromatic heterocycles. The van der Waals surface area contributed by atoms with Gasteiger partial charge in [0.2, 0.25) is 11.8 Å². The number of unbranched alkanes of at least 4 members (excludes halogenated alkanes) is 2. The molecule has 0 radical (unpaired) electrons. The lowest BCUT2D eigenvalue weighted by Crippen LogP contribution is -2.44. The minimum atomic E-state index is 0.402. The van der Waals surface area contributed by atoms with Crippen LogP contribution in [-0.4, -0.2) is 28.2 Å². The van der Waals surface area contributed by atoms with Gasteiger partial charge in [0, 0.05) is 31.6 Å². The van der Waals surface area contributed by atoms with Crippen LogP contribution in [0.25, 0.3) is 22.2 Å². The molecule has 1 aliphatic rings. The number of likely N-dealkylation sites (tertiary alicyclic amines) is 1. The Morgan fingerprint density at radius 3 is 2.44 bits per heavy atom. The maximum absolute atomic E-state index is 6.27. The SMILES string of the molecule is CCCCCC(Cc1nnc(-c2ccc(CN3CC(C)C3)c3ccccc23)o1)c1ccccc1. The van der Waals surface area contributed by atoms with Gasteiger partial charge in [-0.3, -0.25) is 4.90 Å². The summed E-state index contributed by atoms with van der Waals surface area (Å²) in [4.78, 5) is 2.51. The molecule has 1 fully saturated rings. The minimum absolute atomic E-state index is 0.402. The number of benzene rings is 3. The Morgan fingerprint density at radius 1 is 0.912 bits per heavy atom. The van der Waals surface area contributed by atoms with E-state index in [9.17, 15) is 0 Å². The Kier molecular flexibility index (Phi) is 7.05. The van der Waals surface area contributed by atoms with E-state index >= 15 is 0 Å². The fourth-order valence-electron chi connectivity index (χ4n) is 5.29. The van der Waals surface area contributed by atoms with Crippen molar-refractivity contribution in [3.05, 3.63) is 83.7 Å². The van der Waals surface area contributed by atoms with Gasteiger partial charge in [0.1, 0.15) is 0 Å². The van der Waals surface area contributed by atoms with Crippen LogP contribution in [0.1, 0.15) is 62.5 Å². The molecule has 1 saturated heterocycles. The van der Waals surface area contributed by atoms with Gasteiger partial charge >= 0.3 is 0 Å². The van der Waals surface area contributed by atoms with Crippen molar-refractivity contribution in [1.29, 1.82) is 0 Å². The Bertz CT molecular complexity index is 1210. The predicted molar refractivity (Wildman–Crippen MR) is 139 cm³/mol. The molecule has 5 rings (SSSR count). The Labute approximate surface area is 203 Å². The van der Waals surface area contributed by atoms with Gasteiger partial charge in [-0.25, -0.2) is 0 Å². The zero-order chi connectivity index (χ0) is 23.3. The molecule has 0 spiro atoms. The predicted octanol–water partition coefficient (Wildman–Crippen LogP) is 7.25. The maximum atomic E-state index is 6.27. The number of aromatic nitrogens is 2. The second-order valence-electron chi connectivity index (χ2n) is 9.93. The van der Waals surface area contributed by atoms with E-state index in [-0.39, 0.29) is 0 Å². The molecule has 4 aromatic rings. The minimum Gasteiger partial charge on any atom is -0.421 e. The van der Waals surface area contributed by atoms with Gasteiger partial charge in [-0.15, -0.1) is 10.2 Å². The van der Waals surface area contributed by atoms with Crippen molar-refractivity contribution in [1.82, 2.24) is 15.1 Å². The molecule has 0 aliphatic carbocycles. The quantitative estimate of drug-likeness (QED) is 0.237. The molecule has 0 N–H and O–H groups in total. The van der Waals surface area contributed by atoms with Crippen molar-refractivity contribution < 1.29 is 4.42 Å². The number of hydrogen-bond donors (Lipinski definition) is 0. The van der Waals surface area contributed by atoms with E-state index < -0.39 is 0 Å². The summed E-state index contributed by atoms with van der Waals surface area (Å²) in [6, 6.07) is 23.8. The zero-order valence-corrected chi connectivity index (χ0v) is 20.4. The van der Waals surface area contributed by atoms with Crippen LogP contribution >= 0.6 is 0 Å². The third-order valence-electron chi connectivity index (χ3n) is 7.09. The molecule has 1 aliphatic heterocycles. The Hall–Kier alpha value is -2.98. The first-order valence-electron chi connectivity index (χ1n) is 12.8. The number of hydrogen-bond acceptors (Lipinski definition) is 4. The van der Waals surface area contributed by atoms with Crippen LogP contribution in [0.3, 0.4) is 0 Å². The first-order valence-corrected chi connectivity index (χ1v) is 12.8. The van der Waals surface area contributed by atoms with Crippen molar-refractivity contribution in [3.63, 3.8) is 0 Å². The van der Waals surface area contributed by atoms with Gasteiger partial charge in [0.15, 0.2) is 0 Å². The second kappa shape index (κ2) is 10.5. The lowest BCUT2D eigenvalue weighted by atomic mass is 9.90. The molecule has 34 heavy (non-hydrogen) atoms. The first-order chi connectivity index (χ1) is 16.7. The zero-order valence-electron chi connectivity index (χ0n) is 20.4. The fourth-order valence-corrected chi connectivity index (χ4v) is 5.29. The van der Waals surface area contributed by atoms with Crippen LogP contribution in [0.5, 0.6) is 0 Å². The average molecular weight is 454 g/mol. The highest BCUT2D eigenvalue weighted by atomic mass is 16.4. The molecule has 0 amide bonds. The smallest absolute Gasteiger partial charge is 0.248 e. The van der Waals surface area contributed by atoms with Gasteiger partial charge in [-0.05, 0) is 46.2 Å². The van der Waals surface area contributed by atoms with Crippen LogP contribution in [0, 0.1) is 5.92 Å². The van der Waals surface area contributed by atoms with Gasteiger partial charge in [0.05, 0.1) is 0 Å². The maximum Gasteiger partial charge on any atom is 0.248 e. The molecule has 1 atom stereocenters. The van der Waals surface area contributed by atoms with Crippen LogP contribution < -0.4 is 0 Å². The lowest BCUT2D eigenvalue weighted by Gasteiger charge is -2.37. The summed E-state index contributed by atoms with van der Waals surface area (Å²) < 4.78 is 6.27. The lowest BCUT2D eigenvalue weighted by molar-refractivity contribution is 0.105. The van der Waals surface area contributed by atoms with Crippen LogP contribution in [0.2, 0.25) is 0 Å². The summed E-state index contributed by atoms with van der Waals surface area (Å²) in [5, 5.41) is 11.4. The molecule has 2 heterocycles. The van der Waals surface area contributed by atoms with Crippen molar-refractivity contribution >= 4 is 10.8 Å². The highest BCUT2D eigenvalue weighted by Crippen LogP contribution is 2.33. The normalized spacial score (nSPS) is 15.5. The average Bonchev–Trinajstić information content (AvgIpc) is 3.31. The highest BCUT2D eigenvalue weighted by molar-refractivity contribution is 5.96. The van der Waals surface area contributed by atoms with Gasteiger partial charge in [-0.2, -0.15) is 0 Å². The van der Waals surface area contributed by atoms with Crippen molar-refractivity contribution in [2.75, 3.05) is 13.1 Å². The molecule has 4 nitrogen and oxygen atoms in total. The number of fused-ring (bicyclic) bond motifs is 1. The van der Waals surface area contributed by atoms with E-state index in [2.05, 4.69) is 95.7 Å². The summed E-state index contributed by atoms with van der Waals surface area (Å²) in [5.74, 6) is 2.56. The molecule has 4 heteroatoms. The summed E-state index contributed by atoms with van der Waals surface area (Å²) >= 11 is 0. The summed E-state index contributed by atoms with van der Waals surface area (Å²) in [7, 11) is 0. The molecular weight excluding hydrogens is 418 g/mol. The summed E-state index contributed by atoms with van der Waals surface area (Å²) in [6.07, 6.45) is 5.63. The van der Waals surface area contributed by atoms with Crippen molar-refractivity contribution in [2.45, 2.75) is 58.4 Å². The Balaban J connectivity index is 1.39. The summed E-state index contributed by atoms with van der Waals surface area (Å²) in [5.41, 5.74) is 3.75. The van der Waals surface area contributed by atoms with Gasteiger partial charge in [0.25, 0.3) is 0 Å². The monoisotopic (exact) mass is 453 g/mol. The summed E-state index contributed by atoms with van der Waals surface area (Å²) in [6.45, 7) is 7.93. The molecule has 1 unspecified atom stereocenters. The molecular formula is C30H35N3O. The largest absolute Gasteiger partial charge is 0.421 e. The van der Waals surface area contributed by atoms with E-state index in [1.165, 1.54) is 54.3 Å². The highest BCUT2D eigenvalue weighted by Gasteiger charge is 2.23. The van der Waals surface area contributed by atoms with E-state index in [4.69, 9.17) is 4.42 Å².